The van der Waals surface area contributed by atoms with Crippen molar-refractivity contribution in [2.75, 3.05) is 7.11 Å². The maximum Gasteiger partial charge on any atom is 0.333 e. The van der Waals surface area contributed by atoms with Crippen LogP contribution in [-0.2, 0) is 22.6 Å². The number of carbonyl (C=O) groups is 1. The average Bonchev–Trinajstić information content (AvgIpc) is 2.72. The molecular formula is C13H20N2O3. The summed E-state index contributed by atoms with van der Waals surface area (Å²) in [7, 11) is 1.36. The quantitative estimate of drug-likeness (QED) is 0.570. The molecule has 0 fully saturated rings. The van der Waals surface area contributed by atoms with Crippen molar-refractivity contribution in [2.45, 2.75) is 39.8 Å². The van der Waals surface area contributed by atoms with Gasteiger partial charge in [-0.3, -0.25) is 9.13 Å². The fraction of sp³-hybridized carbons (Fsp3) is 0.538. The molecule has 0 radical (unpaired) electrons. The molecular weight excluding hydrogens is 232 g/mol. The lowest BCUT2D eigenvalue weighted by atomic mass is 10.2. The van der Waals surface area contributed by atoms with Crippen LogP contribution < -0.4 is 5.69 Å². The summed E-state index contributed by atoms with van der Waals surface area (Å²) in [6, 6.07) is 0. The lowest BCUT2D eigenvalue weighted by Crippen LogP contribution is -2.23. The van der Waals surface area contributed by atoms with Gasteiger partial charge in [0.25, 0.3) is 0 Å². The van der Waals surface area contributed by atoms with Gasteiger partial charge >= 0.3 is 11.7 Å². The Morgan fingerprint density at radius 3 is 2.56 bits per heavy atom. The molecule has 1 heterocycles. The van der Waals surface area contributed by atoms with Crippen LogP contribution in [0.1, 0.15) is 26.7 Å². The predicted molar refractivity (Wildman–Crippen MR) is 69.4 cm³/mol. The van der Waals surface area contributed by atoms with Gasteiger partial charge < -0.3 is 4.74 Å². The molecule has 0 spiro atoms. The van der Waals surface area contributed by atoms with Crippen molar-refractivity contribution in [3.8, 4) is 0 Å². The predicted octanol–water partition coefficient (Wildman–Crippen LogP) is 1.57. The number of hydrogen-bond donors (Lipinski definition) is 0. The van der Waals surface area contributed by atoms with Gasteiger partial charge in [0.1, 0.15) is 0 Å². The van der Waals surface area contributed by atoms with Gasteiger partial charge in [-0.1, -0.05) is 19.9 Å². The lowest BCUT2D eigenvalue weighted by Gasteiger charge is -2.02. The number of imidazole rings is 1. The zero-order chi connectivity index (χ0) is 13.5. The minimum atomic E-state index is -0.335. The summed E-state index contributed by atoms with van der Waals surface area (Å²) in [5.41, 5.74) is 0.543. The average molecular weight is 252 g/mol. The van der Waals surface area contributed by atoms with Gasteiger partial charge in [0.2, 0.25) is 0 Å². The maximum atomic E-state index is 11.9. The molecule has 1 rings (SSSR count). The molecule has 100 valence electrons. The standard InChI is InChI=1S/C13H20N2O3/c1-4-7-14-9-10-15(13(14)17)8-6-11(5-2)12(16)18-3/h6,9-10H,4-5,7-8H2,1-3H3/b11-6-. The van der Waals surface area contributed by atoms with E-state index in [0.717, 1.165) is 6.42 Å². The first kappa shape index (κ1) is 14.3. The Labute approximate surface area is 107 Å². The summed E-state index contributed by atoms with van der Waals surface area (Å²) < 4.78 is 7.91. The van der Waals surface area contributed by atoms with Gasteiger partial charge in [-0.2, -0.15) is 0 Å². The van der Waals surface area contributed by atoms with Crippen LogP contribution in [0.2, 0.25) is 0 Å². The van der Waals surface area contributed by atoms with Crippen LogP contribution in [-0.4, -0.2) is 22.2 Å². The van der Waals surface area contributed by atoms with E-state index in [1.807, 2.05) is 13.8 Å². The summed E-state index contributed by atoms with van der Waals surface area (Å²) in [6.45, 7) is 5.02. The molecule has 0 aliphatic rings. The van der Waals surface area contributed by atoms with E-state index in [-0.39, 0.29) is 11.7 Å². The Morgan fingerprint density at radius 1 is 1.33 bits per heavy atom. The van der Waals surface area contributed by atoms with Gasteiger partial charge in [0, 0.05) is 31.1 Å². The van der Waals surface area contributed by atoms with E-state index in [9.17, 15) is 9.59 Å². The van der Waals surface area contributed by atoms with Crippen LogP contribution in [0.3, 0.4) is 0 Å². The van der Waals surface area contributed by atoms with Crippen LogP contribution in [0.5, 0.6) is 0 Å². The highest BCUT2D eigenvalue weighted by Gasteiger charge is 2.07. The van der Waals surface area contributed by atoms with E-state index in [4.69, 9.17) is 0 Å². The third-order valence-corrected chi connectivity index (χ3v) is 2.75. The summed E-state index contributed by atoms with van der Waals surface area (Å²) in [5, 5.41) is 0. The molecule has 0 bridgehead atoms. The van der Waals surface area contributed by atoms with Gasteiger partial charge in [-0.15, -0.1) is 0 Å². The molecule has 0 atom stereocenters. The molecule has 18 heavy (non-hydrogen) atoms. The molecule has 0 saturated carbocycles. The first-order chi connectivity index (χ1) is 8.63. The molecule has 5 nitrogen and oxygen atoms in total. The van der Waals surface area contributed by atoms with Crippen LogP contribution in [0.15, 0.2) is 28.8 Å². The molecule has 0 unspecified atom stereocenters. The van der Waals surface area contributed by atoms with Crippen molar-refractivity contribution in [1.29, 1.82) is 0 Å². The second-order valence-electron chi connectivity index (χ2n) is 4.00. The molecule has 0 aliphatic heterocycles. The number of allylic oxidation sites excluding steroid dienone is 1. The third-order valence-electron chi connectivity index (χ3n) is 2.75. The number of ether oxygens (including phenoxy) is 1. The molecule has 0 saturated heterocycles. The Kier molecular flexibility index (Phi) is 5.42. The Hall–Kier alpha value is -1.78. The molecule has 0 aromatic carbocycles. The summed E-state index contributed by atoms with van der Waals surface area (Å²) >= 11 is 0. The number of carbonyl (C=O) groups excluding carboxylic acids is 1. The highest BCUT2D eigenvalue weighted by Crippen LogP contribution is 2.03. The minimum Gasteiger partial charge on any atom is -0.466 e. The Balaban J connectivity index is 2.82. The maximum absolute atomic E-state index is 11.9. The highest BCUT2D eigenvalue weighted by atomic mass is 16.5. The van der Waals surface area contributed by atoms with E-state index in [1.54, 1.807) is 27.6 Å². The largest absolute Gasteiger partial charge is 0.466 e. The molecule has 5 heteroatoms. The SMILES string of the molecule is CCCn1ccn(C/C=C(/CC)C(=O)OC)c1=O. The molecule has 1 aromatic heterocycles. The monoisotopic (exact) mass is 252 g/mol. The Morgan fingerprint density at radius 2 is 2.00 bits per heavy atom. The number of aromatic nitrogens is 2. The fourth-order valence-corrected chi connectivity index (χ4v) is 1.72. The van der Waals surface area contributed by atoms with Crippen molar-refractivity contribution in [3.05, 3.63) is 34.5 Å². The number of aryl methyl sites for hydroxylation is 1. The first-order valence-electron chi connectivity index (χ1n) is 6.16. The van der Waals surface area contributed by atoms with E-state index >= 15 is 0 Å². The van der Waals surface area contributed by atoms with Crippen molar-refractivity contribution in [3.63, 3.8) is 0 Å². The van der Waals surface area contributed by atoms with Crippen LogP contribution in [0.4, 0.5) is 0 Å². The third kappa shape index (κ3) is 3.35. The lowest BCUT2D eigenvalue weighted by molar-refractivity contribution is -0.136. The van der Waals surface area contributed by atoms with Gasteiger partial charge in [0.05, 0.1) is 7.11 Å². The normalized spacial score (nSPS) is 11.6. The number of hydrogen-bond acceptors (Lipinski definition) is 3. The summed E-state index contributed by atoms with van der Waals surface area (Å²) in [5.74, 6) is -0.335. The van der Waals surface area contributed by atoms with E-state index in [0.29, 0.717) is 25.1 Å². The van der Waals surface area contributed by atoms with E-state index < -0.39 is 0 Å². The summed E-state index contributed by atoms with van der Waals surface area (Å²) in [6.07, 6.45) is 6.76. The first-order valence-corrected chi connectivity index (χ1v) is 6.16. The van der Waals surface area contributed by atoms with Crippen molar-refractivity contribution >= 4 is 5.97 Å². The van der Waals surface area contributed by atoms with E-state index in [1.165, 1.54) is 7.11 Å². The topological polar surface area (TPSA) is 53.2 Å². The molecule has 0 aliphatic carbocycles. The second-order valence-corrected chi connectivity index (χ2v) is 4.00. The summed E-state index contributed by atoms with van der Waals surface area (Å²) in [4.78, 5) is 23.3. The number of esters is 1. The number of nitrogens with zero attached hydrogens (tertiary/aromatic N) is 2. The molecule has 0 N–H and O–H groups in total. The number of rotatable bonds is 6. The smallest absolute Gasteiger partial charge is 0.333 e. The minimum absolute atomic E-state index is 0.0478. The van der Waals surface area contributed by atoms with Crippen molar-refractivity contribution < 1.29 is 9.53 Å². The van der Waals surface area contributed by atoms with Gasteiger partial charge in [-0.05, 0) is 12.8 Å². The molecule has 1 aromatic rings. The zero-order valence-electron chi connectivity index (χ0n) is 11.2. The van der Waals surface area contributed by atoms with Crippen molar-refractivity contribution in [1.82, 2.24) is 9.13 Å². The fourth-order valence-electron chi connectivity index (χ4n) is 1.72. The van der Waals surface area contributed by atoms with Gasteiger partial charge in [0.15, 0.2) is 0 Å². The second kappa shape index (κ2) is 6.83. The van der Waals surface area contributed by atoms with Crippen LogP contribution in [0.25, 0.3) is 0 Å². The molecule has 0 amide bonds. The number of methoxy groups -OCH3 is 1. The van der Waals surface area contributed by atoms with Gasteiger partial charge in [-0.25, -0.2) is 9.59 Å². The van der Waals surface area contributed by atoms with Crippen molar-refractivity contribution in [2.24, 2.45) is 0 Å². The van der Waals surface area contributed by atoms with Crippen LogP contribution in [0, 0.1) is 0 Å². The van der Waals surface area contributed by atoms with E-state index in [2.05, 4.69) is 4.74 Å². The Bertz CT molecular complexity index is 483. The van der Waals surface area contributed by atoms with Crippen LogP contribution >= 0.6 is 0 Å². The zero-order valence-corrected chi connectivity index (χ0v) is 11.2. The highest BCUT2D eigenvalue weighted by molar-refractivity contribution is 5.88.